The average Bonchev–Trinajstić information content (AvgIpc) is 2.66. The highest BCUT2D eigenvalue weighted by molar-refractivity contribution is 7.13. The SMILES string of the molecule is CCOC(=O)c1sc(CNC(=O)OC(C)(C)C)nc1C. The summed E-state index contributed by atoms with van der Waals surface area (Å²) in [5.41, 5.74) is 0.0633. The minimum absolute atomic E-state index is 0.222. The van der Waals surface area contributed by atoms with Crippen LogP contribution in [0.4, 0.5) is 4.79 Å². The number of carbonyl (C=O) groups is 2. The van der Waals surface area contributed by atoms with Crippen LogP contribution in [0, 0.1) is 6.92 Å². The Balaban J connectivity index is 2.60. The minimum atomic E-state index is -0.543. The van der Waals surface area contributed by atoms with Crippen molar-refractivity contribution in [1.82, 2.24) is 10.3 Å². The van der Waals surface area contributed by atoms with E-state index in [2.05, 4.69) is 10.3 Å². The molecule has 6 nitrogen and oxygen atoms in total. The average molecular weight is 300 g/mol. The van der Waals surface area contributed by atoms with Gasteiger partial charge in [0.05, 0.1) is 18.8 Å². The van der Waals surface area contributed by atoms with Crippen LogP contribution in [-0.4, -0.2) is 29.3 Å². The normalized spacial score (nSPS) is 11.1. The molecule has 20 heavy (non-hydrogen) atoms. The molecule has 112 valence electrons. The highest BCUT2D eigenvalue weighted by Gasteiger charge is 2.18. The van der Waals surface area contributed by atoms with E-state index in [9.17, 15) is 9.59 Å². The Morgan fingerprint density at radius 3 is 2.55 bits per heavy atom. The molecular weight excluding hydrogens is 280 g/mol. The Hall–Kier alpha value is -1.63. The van der Waals surface area contributed by atoms with Crippen molar-refractivity contribution in [2.45, 2.75) is 46.8 Å². The number of rotatable bonds is 4. The highest BCUT2D eigenvalue weighted by Crippen LogP contribution is 2.19. The number of nitrogens with one attached hydrogen (secondary N) is 1. The van der Waals surface area contributed by atoms with Crippen LogP contribution in [-0.2, 0) is 16.0 Å². The van der Waals surface area contributed by atoms with Crippen molar-refractivity contribution < 1.29 is 19.1 Å². The fraction of sp³-hybridized carbons (Fsp3) is 0.615. The quantitative estimate of drug-likeness (QED) is 0.865. The summed E-state index contributed by atoms with van der Waals surface area (Å²) in [5.74, 6) is -0.383. The summed E-state index contributed by atoms with van der Waals surface area (Å²) >= 11 is 1.21. The Morgan fingerprint density at radius 1 is 1.35 bits per heavy atom. The zero-order chi connectivity index (χ0) is 15.3. The molecule has 0 aliphatic rings. The van der Waals surface area contributed by atoms with Crippen LogP contribution in [0.15, 0.2) is 0 Å². The molecule has 0 saturated heterocycles. The van der Waals surface area contributed by atoms with Gasteiger partial charge in [-0.15, -0.1) is 11.3 Å². The largest absolute Gasteiger partial charge is 0.462 e. The monoisotopic (exact) mass is 300 g/mol. The van der Waals surface area contributed by atoms with Crippen LogP contribution < -0.4 is 5.32 Å². The van der Waals surface area contributed by atoms with Gasteiger partial charge in [0.15, 0.2) is 0 Å². The minimum Gasteiger partial charge on any atom is -0.462 e. The molecule has 1 heterocycles. The second-order valence-corrected chi connectivity index (χ2v) is 6.18. The van der Waals surface area contributed by atoms with Crippen molar-refractivity contribution in [1.29, 1.82) is 0 Å². The van der Waals surface area contributed by atoms with E-state index in [0.29, 0.717) is 22.2 Å². The number of esters is 1. The zero-order valence-corrected chi connectivity index (χ0v) is 13.2. The molecule has 0 aromatic carbocycles. The third-order valence-electron chi connectivity index (χ3n) is 2.08. The number of aryl methyl sites for hydroxylation is 1. The molecule has 0 aliphatic heterocycles. The fourth-order valence-corrected chi connectivity index (χ4v) is 2.27. The lowest BCUT2D eigenvalue weighted by atomic mass is 10.2. The van der Waals surface area contributed by atoms with Crippen LogP contribution in [0.2, 0.25) is 0 Å². The number of thiazole rings is 1. The Morgan fingerprint density at radius 2 is 2.00 bits per heavy atom. The van der Waals surface area contributed by atoms with Gasteiger partial charge in [0.2, 0.25) is 0 Å². The maximum Gasteiger partial charge on any atom is 0.408 e. The number of hydrogen-bond donors (Lipinski definition) is 1. The maximum absolute atomic E-state index is 11.6. The van der Waals surface area contributed by atoms with Gasteiger partial charge >= 0.3 is 12.1 Å². The molecule has 1 aromatic heterocycles. The third kappa shape index (κ3) is 5.16. The van der Waals surface area contributed by atoms with Gasteiger partial charge in [-0.25, -0.2) is 14.6 Å². The van der Waals surface area contributed by atoms with E-state index in [1.54, 1.807) is 34.6 Å². The van der Waals surface area contributed by atoms with Gasteiger partial charge in [-0.05, 0) is 34.6 Å². The molecule has 0 radical (unpaired) electrons. The molecule has 0 saturated carbocycles. The van der Waals surface area contributed by atoms with E-state index in [1.165, 1.54) is 11.3 Å². The van der Waals surface area contributed by atoms with E-state index in [4.69, 9.17) is 9.47 Å². The molecule has 1 rings (SSSR count). The number of nitrogens with zero attached hydrogens (tertiary/aromatic N) is 1. The Kier molecular flexibility index (Phi) is 5.50. The summed E-state index contributed by atoms with van der Waals surface area (Å²) in [7, 11) is 0. The second kappa shape index (κ2) is 6.69. The van der Waals surface area contributed by atoms with Crippen LogP contribution in [0.3, 0.4) is 0 Å². The van der Waals surface area contributed by atoms with Crippen molar-refractivity contribution >= 4 is 23.4 Å². The predicted molar refractivity (Wildman–Crippen MR) is 75.9 cm³/mol. The van der Waals surface area contributed by atoms with E-state index in [-0.39, 0.29) is 12.5 Å². The Labute approximate surface area is 122 Å². The first-order valence-electron chi connectivity index (χ1n) is 6.33. The first-order chi connectivity index (χ1) is 9.23. The number of carbonyl (C=O) groups excluding carboxylic acids is 2. The third-order valence-corrected chi connectivity index (χ3v) is 3.22. The number of ether oxygens (including phenoxy) is 2. The van der Waals surface area contributed by atoms with Crippen LogP contribution in [0.1, 0.15) is 48.1 Å². The number of aromatic nitrogens is 1. The lowest BCUT2D eigenvalue weighted by Gasteiger charge is -2.19. The second-order valence-electron chi connectivity index (χ2n) is 5.10. The van der Waals surface area contributed by atoms with E-state index in [0.717, 1.165) is 0 Å². The van der Waals surface area contributed by atoms with Gasteiger partial charge in [0.25, 0.3) is 0 Å². The van der Waals surface area contributed by atoms with Crippen LogP contribution >= 0.6 is 11.3 Å². The first kappa shape index (κ1) is 16.4. The van der Waals surface area contributed by atoms with E-state index in [1.807, 2.05) is 0 Å². The smallest absolute Gasteiger partial charge is 0.408 e. The summed E-state index contributed by atoms with van der Waals surface area (Å²) in [6, 6.07) is 0. The Bertz CT molecular complexity index is 491. The molecule has 1 amide bonds. The van der Waals surface area contributed by atoms with Gasteiger partial charge in [0.1, 0.15) is 15.5 Å². The molecule has 0 bridgehead atoms. The standard InChI is InChI=1S/C13H20N2O4S/c1-6-18-11(16)10-8(2)15-9(20-10)7-14-12(17)19-13(3,4)5/h6-7H2,1-5H3,(H,14,17). The number of hydrogen-bond acceptors (Lipinski definition) is 6. The first-order valence-corrected chi connectivity index (χ1v) is 7.15. The summed E-state index contributed by atoms with van der Waals surface area (Å²) in [6.07, 6.45) is -0.511. The summed E-state index contributed by atoms with van der Waals surface area (Å²) in [5, 5.41) is 3.24. The summed E-state index contributed by atoms with van der Waals surface area (Å²) in [6.45, 7) is 9.40. The zero-order valence-electron chi connectivity index (χ0n) is 12.4. The van der Waals surface area contributed by atoms with Gasteiger partial charge in [-0.3, -0.25) is 0 Å². The summed E-state index contributed by atoms with van der Waals surface area (Å²) in [4.78, 5) is 27.8. The molecule has 0 aliphatic carbocycles. The molecule has 0 fully saturated rings. The molecule has 1 N–H and O–H groups in total. The van der Waals surface area contributed by atoms with Gasteiger partial charge in [-0.2, -0.15) is 0 Å². The molecule has 1 aromatic rings. The van der Waals surface area contributed by atoms with Crippen molar-refractivity contribution in [3.05, 3.63) is 15.6 Å². The molecule has 0 atom stereocenters. The lowest BCUT2D eigenvalue weighted by Crippen LogP contribution is -2.32. The van der Waals surface area contributed by atoms with Gasteiger partial charge < -0.3 is 14.8 Å². The fourth-order valence-electron chi connectivity index (χ4n) is 1.38. The van der Waals surface area contributed by atoms with Crippen molar-refractivity contribution in [3.63, 3.8) is 0 Å². The molecular formula is C13H20N2O4S. The topological polar surface area (TPSA) is 77.5 Å². The van der Waals surface area contributed by atoms with Gasteiger partial charge in [-0.1, -0.05) is 0 Å². The van der Waals surface area contributed by atoms with E-state index >= 15 is 0 Å². The number of amides is 1. The highest BCUT2D eigenvalue weighted by atomic mass is 32.1. The molecule has 0 unspecified atom stereocenters. The lowest BCUT2D eigenvalue weighted by molar-refractivity contribution is 0.0516. The van der Waals surface area contributed by atoms with Crippen molar-refractivity contribution in [2.75, 3.05) is 6.61 Å². The predicted octanol–water partition coefficient (Wildman–Crippen LogP) is 2.65. The van der Waals surface area contributed by atoms with E-state index < -0.39 is 11.7 Å². The molecule has 0 spiro atoms. The van der Waals surface area contributed by atoms with Crippen LogP contribution in [0.25, 0.3) is 0 Å². The van der Waals surface area contributed by atoms with Gasteiger partial charge in [0, 0.05) is 0 Å². The maximum atomic E-state index is 11.6. The van der Waals surface area contributed by atoms with Crippen molar-refractivity contribution in [3.8, 4) is 0 Å². The number of alkyl carbamates (subject to hydrolysis) is 1. The van der Waals surface area contributed by atoms with Crippen LogP contribution in [0.5, 0.6) is 0 Å². The molecule has 7 heteroatoms. The van der Waals surface area contributed by atoms with Crippen molar-refractivity contribution in [2.24, 2.45) is 0 Å². The summed E-state index contributed by atoms with van der Waals surface area (Å²) < 4.78 is 10.1.